The second-order valence-corrected chi connectivity index (χ2v) is 10.6. The van der Waals surface area contributed by atoms with E-state index in [-0.39, 0.29) is 11.7 Å². The van der Waals surface area contributed by atoms with Gasteiger partial charge >= 0.3 is 0 Å². The van der Waals surface area contributed by atoms with Gasteiger partial charge in [0.05, 0.1) is 23.4 Å². The van der Waals surface area contributed by atoms with E-state index in [9.17, 15) is 4.79 Å². The molecule has 43 heavy (non-hydrogen) atoms. The topological polar surface area (TPSA) is 139 Å². The minimum absolute atomic E-state index is 0.0561. The number of allylic oxidation sites excluding steroid dienone is 1. The zero-order valence-electron chi connectivity index (χ0n) is 24.6. The number of aromatic amines is 1. The molecule has 0 saturated heterocycles. The maximum absolute atomic E-state index is 13.8. The molecule has 0 aliphatic carbocycles. The number of hydrogen-bond donors (Lipinski definition) is 4. The molecule has 4 heterocycles. The second-order valence-electron chi connectivity index (χ2n) is 10.6. The van der Waals surface area contributed by atoms with Crippen molar-refractivity contribution >= 4 is 40.2 Å². The van der Waals surface area contributed by atoms with E-state index < -0.39 is 0 Å². The second kappa shape index (κ2) is 11.0. The molecule has 4 N–H and O–H groups in total. The van der Waals surface area contributed by atoms with Crippen molar-refractivity contribution in [2.24, 2.45) is 0 Å². The highest BCUT2D eigenvalue weighted by Crippen LogP contribution is 2.39. The van der Waals surface area contributed by atoms with Gasteiger partial charge in [-0.15, -0.1) is 0 Å². The maximum atomic E-state index is 13.8. The number of nitrogens with zero attached hydrogens (tertiary/aromatic N) is 6. The Morgan fingerprint density at radius 3 is 2.53 bits per heavy atom. The third-order valence-corrected chi connectivity index (χ3v) is 7.53. The van der Waals surface area contributed by atoms with Gasteiger partial charge in [-0.2, -0.15) is 0 Å². The number of carbonyl (C=O) groups excluding carboxylic acids is 1. The van der Waals surface area contributed by atoms with Gasteiger partial charge < -0.3 is 25.4 Å². The molecular formula is C32H32N10O. The van der Waals surface area contributed by atoms with Gasteiger partial charge in [-0.3, -0.25) is 10.2 Å². The average Bonchev–Trinajstić information content (AvgIpc) is 3.59. The predicted octanol–water partition coefficient (Wildman–Crippen LogP) is 5.13. The number of fused-ring (bicyclic) bond motifs is 2. The largest absolute Gasteiger partial charge is 0.392 e. The molecule has 0 bridgehead atoms. The van der Waals surface area contributed by atoms with E-state index in [0.29, 0.717) is 24.0 Å². The number of carbonyl (C=O) groups is 1. The van der Waals surface area contributed by atoms with Crippen LogP contribution in [0.4, 0.5) is 17.6 Å². The number of aromatic nitrogens is 5. The van der Waals surface area contributed by atoms with Crippen molar-refractivity contribution in [1.29, 1.82) is 5.41 Å². The molecule has 0 unspecified atom stereocenters. The van der Waals surface area contributed by atoms with Gasteiger partial charge in [0.1, 0.15) is 5.84 Å². The molecule has 1 amide bonds. The molecule has 216 valence electrons. The molecule has 0 radical (unpaired) electrons. The number of anilines is 3. The average molecular weight is 573 g/mol. The first-order valence-electron chi connectivity index (χ1n) is 13.8. The summed E-state index contributed by atoms with van der Waals surface area (Å²) in [7, 11) is 5.60. The van der Waals surface area contributed by atoms with Crippen molar-refractivity contribution in [3.8, 4) is 22.4 Å². The van der Waals surface area contributed by atoms with Crippen LogP contribution in [0, 0.1) is 12.3 Å². The zero-order chi connectivity index (χ0) is 30.2. The van der Waals surface area contributed by atoms with Crippen LogP contribution in [-0.4, -0.2) is 57.8 Å². The number of rotatable bonds is 7. The number of amidine groups is 1. The van der Waals surface area contributed by atoms with Crippen LogP contribution >= 0.6 is 0 Å². The highest BCUT2D eigenvalue weighted by Gasteiger charge is 2.32. The third kappa shape index (κ3) is 5.05. The Kier molecular flexibility index (Phi) is 7.06. The summed E-state index contributed by atoms with van der Waals surface area (Å²) in [6.45, 7) is 4.26. The Balaban J connectivity index is 1.34. The van der Waals surface area contributed by atoms with Gasteiger partial charge in [0.15, 0.2) is 0 Å². The van der Waals surface area contributed by atoms with Crippen molar-refractivity contribution in [2.45, 2.75) is 20.4 Å². The number of amides is 1. The first-order chi connectivity index (χ1) is 20.7. The molecule has 0 atom stereocenters. The van der Waals surface area contributed by atoms with Crippen molar-refractivity contribution in [2.75, 3.05) is 36.3 Å². The SMILES string of the molecule is CN/C(C)=C\C(=N)Nc1ncc(C)c(-c2c[nH]c3c(N4Cc5c(cccc5-c5cnc(N(C)C)nc5)C4=O)cccc23)n1. The van der Waals surface area contributed by atoms with Crippen LogP contribution < -0.4 is 20.4 Å². The van der Waals surface area contributed by atoms with E-state index in [2.05, 4.69) is 30.6 Å². The van der Waals surface area contributed by atoms with Crippen molar-refractivity contribution < 1.29 is 4.79 Å². The summed E-state index contributed by atoms with van der Waals surface area (Å²) >= 11 is 0. The van der Waals surface area contributed by atoms with Gasteiger partial charge in [0.25, 0.3) is 5.91 Å². The van der Waals surface area contributed by atoms with E-state index in [1.54, 1.807) is 31.7 Å². The molecule has 0 saturated carbocycles. The fourth-order valence-corrected chi connectivity index (χ4v) is 5.27. The smallest absolute Gasteiger partial charge is 0.259 e. The van der Waals surface area contributed by atoms with E-state index >= 15 is 0 Å². The van der Waals surface area contributed by atoms with E-state index in [1.165, 1.54) is 0 Å². The zero-order valence-corrected chi connectivity index (χ0v) is 24.6. The maximum Gasteiger partial charge on any atom is 0.259 e. The first kappa shape index (κ1) is 27.6. The lowest BCUT2D eigenvalue weighted by atomic mass is 9.99. The molecule has 0 fully saturated rings. The molecule has 1 aliphatic rings. The minimum atomic E-state index is -0.0561. The summed E-state index contributed by atoms with van der Waals surface area (Å²) in [5, 5.41) is 15.1. The van der Waals surface area contributed by atoms with E-state index in [1.807, 2.05) is 80.3 Å². The van der Waals surface area contributed by atoms with Crippen molar-refractivity contribution in [3.63, 3.8) is 0 Å². The summed E-state index contributed by atoms with van der Waals surface area (Å²) in [6, 6.07) is 11.7. The van der Waals surface area contributed by atoms with Crippen LogP contribution in [0.5, 0.6) is 0 Å². The monoisotopic (exact) mass is 572 g/mol. The molecule has 5 aromatic rings. The molecule has 11 nitrogen and oxygen atoms in total. The summed E-state index contributed by atoms with van der Waals surface area (Å²) in [4.78, 5) is 38.9. The molecule has 3 aromatic heterocycles. The summed E-state index contributed by atoms with van der Waals surface area (Å²) in [5.41, 5.74) is 8.42. The van der Waals surface area contributed by atoms with Crippen LogP contribution in [0.25, 0.3) is 33.3 Å². The Hall–Kier alpha value is -5.58. The van der Waals surface area contributed by atoms with Crippen LogP contribution in [0.3, 0.4) is 0 Å². The molecule has 0 spiro atoms. The lowest BCUT2D eigenvalue weighted by Gasteiger charge is -2.17. The summed E-state index contributed by atoms with van der Waals surface area (Å²) < 4.78 is 0. The lowest BCUT2D eigenvalue weighted by Crippen LogP contribution is -2.23. The van der Waals surface area contributed by atoms with Crippen LogP contribution in [0.15, 0.2) is 73.0 Å². The fraction of sp³-hybridized carbons (Fsp3) is 0.188. The Labute approximate surface area is 249 Å². The van der Waals surface area contributed by atoms with Crippen LogP contribution in [-0.2, 0) is 6.54 Å². The summed E-state index contributed by atoms with van der Waals surface area (Å²) in [6.07, 6.45) is 8.92. The quantitative estimate of drug-likeness (QED) is 0.156. The highest BCUT2D eigenvalue weighted by molar-refractivity contribution is 6.15. The lowest BCUT2D eigenvalue weighted by molar-refractivity contribution is 0.0997. The number of H-pyrrole nitrogens is 1. The van der Waals surface area contributed by atoms with Gasteiger partial charge in [0, 0.05) is 73.7 Å². The summed E-state index contributed by atoms with van der Waals surface area (Å²) in [5.74, 6) is 1.08. The number of aryl methyl sites for hydroxylation is 1. The fourth-order valence-electron chi connectivity index (χ4n) is 5.27. The molecule has 2 aromatic carbocycles. The Morgan fingerprint density at radius 1 is 1.05 bits per heavy atom. The van der Waals surface area contributed by atoms with Gasteiger partial charge in [0.2, 0.25) is 11.9 Å². The van der Waals surface area contributed by atoms with Crippen molar-refractivity contribution in [1.82, 2.24) is 30.2 Å². The minimum Gasteiger partial charge on any atom is -0.392 e. The number of benzene rings is 2. The number of nitrogens with one attached hydrogen (secondary N) is 4. The van der Waals surface area contributed by atoms with Crippen molar-refractivity contribution in [3.05, 3.63) is 89.6 Å². The third-order valence-electron chi connectivity index (χ3n) is 7.53. The van der Waals surface area contributed by atoms with Crippen LogP contribution in [0.2, 0.25) is 0 Å². The van der Waals surface area contributed by atoms with Crippen LogP contribution in [0.1, 0.15) is 28.4 Å². The normalized spacial score (nSPS) is 12.9. The Bertz CT molecular complexity index is 1910. The first-order valence-corrected chi connectivity index (χ1v) is 13.8. The van der Waals surface area contributed by atoms with E-state index in [0.717, 1.165) is 55.8 Å². The molecule has 6 rings (SSSR count). The van der Waals surface area contributed by atoms with E-state index in [4.69, 9.17) is 10.4 Å². The highest BCUT2D eigenvalue weighted by atomic mass is 16.2. The van der Waals surface area contributed by atoms with Gasteiger partial charge in [-0.05, 0) is 48.7 Å². The molecular weight excluding hydrogens is 540 g/mol. The van der Waals surface area contributed by atoms with Gasteiger partial charge in [-0.1, -0.05) is 24.3 Å². The number of para-hydroxylation sites is 1. The predicted molar refractivity (Wildman–Crippen MR) is 171 cm³/mol. The Morgan fingerprint density at radius 2 is 1.79 bits per heavy atom. The standard InChI is InChI=1S/C32H32N10O/c1-18-13-36-31(39-27(33)12-19(2)34-3)40-28(18)24-16-35-29-22(24)9-7-11-26(29)42-17-25-21(8-6-10-23(25)30(42)43)20-14-37-32(38-15-20)41(4)5/h6-16,34-35H,17H2,1-5H3,(H2,33,36,39,40)/b19-12-. The number of hydrogen-bond acceptors (Lipinski definition) is 8. The molecule has 1 aliphatic heterocycles. The van der Waals surface area contributed by atoms with Gasteiger partial charge in [-0.25, -0.2) is 19.9 Å². The molecule has 11 heteroatoms.